The van der Waals surface area contributed by atoms with Gasteiger partial charge in [0.15, 0.2) is 0 Å². The largest absolute Gasteiger partial charge is 0.323 e. The number of rotatable bonds is 4. The van der Waals surface area contributed by atoms with Crippen molar-refractivity contribution in [3.63, 3.8) is 0 Å². The minimum absolute atomic E-state index is 0.169. The van der Waals surface area contributed by atoms with E-state index in [0.717, 1.165) is 22.2 Å². The lowest BCUT2D eigenvalue weighted by Gasteiger charge is -2.19. The topological polar surface area (TPSA) is 78.5 Å². The van der Waals surface area contributed by atoms with E-state index in [9.17, 15) is 4.79 Å². The molecule has 2 aromatic heterocycles. The van der Waals surface area contributed by atoms with Gasteiger partial charge in [0, 0.05) is 30.9 Å². The summed E-state index contributed by atoms with van der Waals surface area (Å²) in [4.78, 5) is 16.8. The van der Waals surface area contributed by atoms with E-state index >= 15 is 0 Å². The zero-order valence-electron chi connectivity index (χ0n) is 12.3. The Bertz CT molecular complexity index is 813. The summed E-state index contributed by atoms with van der Waals surface area (Å²) in [5.74, 6) is 0. The van der Waals surface area contributed by atoms with Crippen molar-refractivity contribution >= 4 is 11.0 Å². The third kappa shape index (κ3) is 2.75. The molecule has 0 bridgehead atoms. The molecular formula is C15H19N5O. The van der Waals surface area contributed by atoms with Crippen LogP contribution in [0.15, 0.2) is 35.4 Å². The summed E-state index contributed by atoms with van der Waals surface area (Å²) in [5.41, 5.74) is 3.77. The lowest BCUT2D eigenvalue weighted by atomic mass is 10.1. The van der Waals surface area contributed by atoms with Crippen molar-refractivity contribution in [2.75, 3.05) is 0 Å². The fourth-order valence-corrected chi connectivity index (χ4v) is 2.55. The number of aryl methyl sites for hydroxylation is 1. The Labute approximate surface area is 122 Å². The van der Waals surface area contributed by atoms with E-state index in [1.807, 2.05) is 37.6 Å². The van der Waals surface area contributed by atoms with Crippen LogP contribution in [0.2, 0.25) is 0 Å². The summed E-state index contributed by atoms with van der Waals surface area (Å²) in [5, 5.41) is 7.74. The molecule has 0 fully saturated rings. The molecule has 0 saturated carbocycles. The minimum atomic E-state index is -0.175. The molecule has 3 aromatic rings. The standard InChI is InChI=1S/C15H19N5O/c1-9(17-10(2)12-7-16-20(3)8-12)11-4-5-13-14(6-11)19-15(21)18-13/h4-10,17H,1-3H3,(H2,18,19,21). The van der Waals surface area contributed by atoms with Gasteiger partial charge < -0.3 is 15.3 Å². The zero-order valence-corrected chi connectivity index (χ0v) is 12.3. The molecule has 21 heavy (non-hydrogen) atoms. The van der Waals surface area contributed by atoms with Crippen molar-refractivity contribution < 1.29 is 0 Å². The molecule has 1 aromatic carbocycles. The van der Waals surface area contributed by atoms with Gasteiger partial charge in [0.2, 0.25) is 0 Å². The van der Waals surface area contributed by atoms with Crippen LogP contribution in [0.4, 0.5) is 0 Å². The molecule has 0 amide bonds. The van der Waals surface area contributed by atoms with E-state index in [1.165, 1.54) is 0 Å². The second kappa shape index (κ2) is 5.21. The second-order valence-corrected chi connectivity index (χ2v) is 5.44. The van der Waals surface area contributed by atoms with E-state index in [4.69, 9.17) is 0 Å². The molecule has 2 unspecified atom stereocenters. The van der Waals surface area contributed by atoms with Crippen LogP contribution in [0.1, 0.15) is 37.1 Å². The van der Waals surface area contributed by atoms with Crippen LogP contribution in [-0.2, 0) is 7.05 Å². The molecule has 0 spiro atoms. The summed E-state index contributed by atoms with van der Waals surface area (Å²) in [7, 11) is 1.91. The number of hydrogen-bond donors (Lipinski definition) is 3. The highest BCUT2D eigenvalue weighted by Crippen LogP contribution is 2.21. The predicted octanol–water partition coefficient (Wildman–Crippen LogP) is 2.00. The van der Waals surface area contributed by atoms with E-state index in [2.05, 4.69) is 34.2 Å². The molecule has 6 nitrogen and oxygen atoms in total. The summed E-state index contributed by atoms with van der Waals surface area (Å²) >= 11 is 0. The van der Waals surface area contributed by atoms with Gasteiger partial charge in [-0.2, -0.15) is 5.10 Å². The van der Waals surface area contributed by atoms with Gasteiger partial charge in [0.25, 0.3) is 0 Å². The maximum atomic E-state index is 11.3. The molecule has 3 N–H and O–H groups in total. The first-order chi connectivity index (χ1) is 10.0. The van der Waals surface area contributed by atoms with Gasteiger partial charge in [0.1, 0.15) is 0 Å². The van der Waals surface area contributed by atoms with Crippen molar-refractivity contribution in [3.05, 3.63) is 52.2 Å². The average molecular weight is 285 g/mol. The Morgan fingerprint density at radius 3 is 2.57 bits per heavy atom. The van der Waals surface area contributed by atoms with Crippen molar-refractivity contribution in [1.29, 1.82) is 0 Å². The Hall–Kier alpha value is -2.34. The van der Waals surface area contributed by atoms with Crippen LogP contribution in [0.25, 0.3) is 11.0 Å². The first-order valence-corrected chi connectivity index (χ1v) is 6.99. The molecule has 0 radical (unpaired) electrons. The first-order valence-electron chi connectivity index (χ1n) is 6.99. The maximum absolute atomic E-state index is 11.3. The molecular weight excluding hydrogens is 266 g/mol. The van der Waals surface area contributed by atoms with Crippen molar-refractivity contribution in [2.24, 2.45) is 7.05 Å². The molecule has 0 aliphatic rings. The number of nitrogens with one attached hydrogen (secondary N) is 3. The number of fused-ring (bicyclic) bond motifs is 1. The van der Waals surface area contributed by atoms with Crippen LogP contribution in [0.5, 0.6) is 0 Å². The van der Waals surface area contributed by atoms with Crippen molar-refractivity contribution in [3.8, 4) is 0 Å². The Kier molecular flexibility index (Phi) is 3.39. The van der Waals surface area contributed by atoms with Crippen LogP contribution >= 0.6 is 0 Å². The molecule has 0 saturated heterocycles. The molecule has 110 valence electrons. The van der Waals surface area contributed by atoms with Gasteiger partial charge in [-0.3, -0.25) is 4.68 Å². The van der Waals surface area contributed by atoms with Gasteiger partial charge >= 0.3 is 5.69 Å². The SMILES string of the molecule is CC(NC(C)c1cnn(C)c1)c1ccc2[nH]c(=O)[nH]c2c1. The van der Waals surface area contributed by atoms with Gasteiger partial charge in [-0.1, -0.05) is 6.07 Å². The number of H-pyrrole nitrogens is 2. The molecule has 0 aliphatic heterocycles. The Morgan fingerprint density at radius 2 is 1.86 bits per heavy atom. The van der Waals surface area contributed by atoms with Crippen LogP contribution in [0, 0.1) is 0 Å². The smallest absolute Gasteiger partial charge is 0.306 e. The van der Waals surface area contributed by atoms with E-state index in [-0.39, 0.29) is 17.8 Å². The molecule has 2 atom stereocenters. The summed E-state index contributed by atoms with van der Waals surface area (Å²) in [6, 6.07) is 6.33. The highest BCUT2D eigenvalue weighted by molar-refractivity contribution is 5.75. The highest BCUT2D eigenvalue weighted by atomic mass is 16.1. The van der Waals surface area contributed by atoms with Gasteiger partial charge in [0.05, 0.1) is 17.2 Å². The second-order valence-electron chi connectivity index (χ2n) is 5.44. The quantitative estimate of drug-likeness (QED) is 0.686. The van der Waals surface area contributed by atoms with E-state index in [1.54, 1.807) is 4.68 Å². The lowest BCUT2D eigenvalue weighted by Crippen LogP contribution is -2.22. The minimum Gasteiger partial charge on any atom is -0.306 e. The Balaban J connectivity index is 1.79. The number of aromatic amines is 2. The lowest BCUT2D eigenvalue weighted by molar-refractivity contribution is 0.494. The number of nitrogens with zero attached hydrogens (tertiary/aromatic N) is 2. The summed E-state index contributed by atoms with van der Waals surface area (Å²) in [6.07, 6.45) is 3.88. The number of aromatic nitrogens is 4. The van der Waals surface area contributed by atoms with Gasteiger partial charge in [-0.15, -0.1) is 0 Å². The van der Waals surface area contributed by atoms with Gasteiger partial charge in [-0.05, 0) is 31.5 Å². The number of benzene rings is 1. The molecule has 2 heterocycles. The predicted molar refractivity (Wildman–Crippen MR) is 82.1 cm³/mol. The van der Waals surface area contributed by atoms with E-state index in [0.29, 0.717) is 0 Å². The normalized spacial score (nSPS) is 14.4. The van der Waals surface area contributed by atoms with Crippen LogP contribution in [0.3, 0.4) is 0 Å². The first kappa shape index (κ1) is 13.6. The third-order valence-corrected chi connectivity index (χ3v) is 3.76. The van der Waals surface area contributed by atoms with Crippen LogP contribution in [-0.4, -0.2) is 19.7 Å². The Morgan fingerprint density at radius 1 is 1.14 bits per heavy atom. The molecule has 6 heteroatoms. The highest BCUT2D eigenvalue weighted by Gasteiger charge is 2.13. The maximum Gasteiger partial charge on any atom is 0.323 e. The average Bonchev–Trinajstić information content (AvgIpc) is 3.02. The monoisotopic (exact) mass is 285 g/mol. The number of hydrogen-bond acceptors (Lipinski definition) is 3. The molecule has 3 rings (SSSR count). The fraction of sp³-hybridized carbons (Fsp3) is 0.333. The zero-order chi connectivity index (χ0) is 15.0. The van der Waals surface area contributed by atoms with Crippen molar-refractivity contribution in [1.82, 2.24) is 25.1 Å². The third-order valence-electron chi connectivity index (χ3n) is 3.76. The fourth-order valence-electron chi connectivity index (χ4n) is 2.55. The molecule has 0 aliphatic carbocycles. The van der Waals surface area contributed by atoms with Gasteiger partial charge in [-0.25, -0.2) is 4.79 Å². The van der Waals surface area contributed by atoms with Crippen molar-refractivity contribution in [2.45, 2.75) is 25.9 Å². The van der Waals surface area contributed by atoms with Crippen LogP contribution < -0.4 is 11.0 Å². The summed E-state index contributed by atoms with van der Waals surface area (Å²) in [6.45, 7) is 4.23. The summed E-state index contributed by atoms with van der Waals surface area (Å²) < 4.78 is 1.80. The van der Waals surface area contributed by atoms with E-state index < -0.39 is 0 Å². The number of imidazole rings is 1.